The van der Waals surface area contributed by atoms with Crippen LogP contribution in [0, 0.1) is 0 Å². The second-order valence-electron chi connectivity index (χ2n) is 4.36. The molecule has 1 heterocycles. The molecule has 0 bridgehead atoms. The Morgan fingerprint density at radius 1 is 1.50 bits per heavy atom. The van der Waals surface area contributed by atoms with Crippen molar-refractivity contribution < 1.29 is 14.3 Å². The molecule has 0 atom stereocenters. The summed E-state index contributed by atoms with van der Waals surface area (Å²) < 4.78 is 12.2. The molecule has 0 saturated carbocycles. The normalized spacial score (nSPS) is 15.8. The molecular weight excluding hydrogens is 294 g/mol. The van der Waals surface area contributed by atoms with E-state index in [1.165, 1.54) is 0 Å². The Balaban J connectivity index is 1.77. The molecule has 0 N–H and O–H groups in total. The molecule has 1 aromatic heterocycles. The fourth-order valence-corrected chi connectivity index (χ4v) is 3.38. The molecule has 4 nitrogen and oxygen atoms in total. The lowest BCUT2D eigenvalue weighted by atomic mass is 10.00. The summed E-state index contributed by atoms with van der Waals surface area (Å²) in [5, 5.41) is 0.983. The van der Waals surface area contributed by atoms with Gasteiger partial charge < -0.3 is 9.47 Å². The predicted octanol–water partition coefficient (Wildman–Crippen LogP) is 1.17. The summed E-state index contributed by atoms with van der Waals surface area (Å²) in [6.45, 7) is 2.09. The van der Waals surface area contributed by atoms with Gasteiger partial charge >= 0.3 is 5.97 Å². The average Bonchev–Trinajstić information content (AvgIpc) is 2.92. The van der Waals surface area contributed by atoms with Gasteiger partial charge in [-0.15, -0.1) is 24.0 Å². The quantitative estimate of drug-likeness (QED) is 0.670. The van der Waals surface area contributed by atoms with Crippen molar-refractivity contribution in [1.29, 1.82) is 0 Å². The zero-order chi connectivity index (χ0) is 14.1. The fourth-order valence-electron chi connectivity index (χ4n) is 2.20. The summed E-state index contributed by atoms with van der Waals surface area (Å²) in [6, 6.07) is 0. The second kappa shape index (κ2) is 5.46. The minimum Gasteiger partial charge on any atom is -0.486 e. The van der Waals surface area contributed by atoms with E-state index in [-0.39, 0.29) is 12.6 Å². The van der Waals surface area contributed by atoms with Crippen LogP contribution in [0.4, 0.5) is 0 Å². The number of fused-ring (bicyclic) bond motifs is 2. The molecule has 0 radical (unpaired) electrons. The molecule has 0 amide bonds. The number of aromatic nitrogens is 1. The van der Waals surface area contributed by atoms with Gasteiger partial charge in [-0.2, -0.15) is 0 Å². The number of carbonyl (C=O) groups is 1. The first kappa shape index (κ1) is 13.5. The highest BCUT2D eigenvalue weighted by Crippen LogP contribution is 2.28. The molecule has 0 saturated heterocycles. The molecule has 6 heteroatoms. The van der Waals surface area contributed by atoms with Crippen LogP contribution in [0.5, 0.6) is 0 Å². The van der Waals surface area contributed by atoms with Crippen LogP contribution in [0.3, 0.4) is 0 Å². The van der Waals surface area contributed by atoms with E-state index in [2.05, 4.69) is 23.7 Å². The number of nitrogens with zero attached hydrogens (tertiary/aromatic N) is 1. The first-order chi connectivity index (χ1) is 9.67. The summed E-state index contributed by atoms with van der Waals surface area (Å²) >= 11 is 5.85. The Hall–Kier alpha value is -1.53. The number of rotatable bonds is 4. The van der Waals surface area contributed by atoms with Crippen molar-refractivity contribution in [2.24, 2.45) is 0 Å². The van der Waals surface area contributed by atoms with Crippen LogP contribution in [0.15, 0.2) is 27.8 Å². The van der Waals surface area contributed by atoms with Gasteiger partial charge in [0.1, 0.15) is 10.1 Å². The van der Waals surface area contributed by atoms with Crippen LogP contribution in [-0.2, 0) is 14.3 Å². The largest absolute Gasteiger partial charge is 0.486 e. The smallest absolute Gasteiger partial charge is 0.344 e. The minimum absolute atomic E-state index is 0.0540. The summed E-state index contributed by atoms with van der Waals surface area (Å²) in [6.07, 6.45) is 6.64. The summed E-state index contributed by atoms with van der Waals surface area (Å²) in [5.41, 5.74) is 2.30. The fraction of sp³-hybridized carbons (Fsp3) is 0.286. The molecule has 2 aliphatic rings. The molecule has 2 aliphatic carbocycles. The first-order valence-electron chi connectivity index (χ1n) is 6.27. The van der Waals surface area contributed by atoms with Gasteiger partial charge in [-0.1, -0.05) is 6.08 Å². The number of hydrogen-bond acceptors (Lipinski definition) is 6. The number of esters is 1. The minimum atomic E-state index is -0.349. The van der Waals surface area contributed by atoms with Gasteiger partial charge in [0.25, 0.3) is 0 Å². The Morgan fingerprint density at radius 2 is 2.35 bits per heavy atom. The summed E-state index contributed by atoms with van der Waals surface area (Å²) in [5.74, 6) is 0.407. The van der Waals surface area contributed by atoms with E-state index in [0.29, 0.717) is 13.0 Å². The van der Waals surface area contributed by atoms with Crippen molar-refractivity contribution in [3.63, 3.8) is 0 Å². The van der Waals surface area contributed by atoms with E-state index in [1.54, 1.807) is 18.3 Å². The van der Waals surface area contributed by atoms with Crippen LogP contribution in [0.25, 0.3) is 11.6 Å². The second-order valence-corrected chi connectivity index (χ2v) is 6.11. The van der Waals surface area contributed by atoms with Crippen molar-refractivity contribution in [3.05, 3.63) is 33.4 Å². The number of allylic oxidation sites excluding steroid dienone is 4. The molecule has 104 valence electrons. The van der Waals surface area contributed by atoms with Crippen LogP contribution in [0.2, 0.25) is 0 Å². The molecule has 1 aromatic rings. The highest BCUT2D eigenvalue weighted by atomic mass is 32.2. The number of hydrogen-bond donors (Lipinski definition) is 1. The number of thiol groups is 1. The number of ether oxygens (including phenoxy) is 2. The Bertz CT molecular complexity index is 743. The lowest BCUT2D eigenvalue weighted by molar-refractivity contribution is -0.147. The molecular formula is C14H13NO3S2. The molecule has 0 aliphatic heterocycles. The predicted molar refractivity (Wildman–Crippen MR) is 79.9 cm³/mol. The van der Waals surface area contributed by atoms with E-state index >= 15 is 0 Å². The highest BCUT2D eigenvalue weighted by molar-refractivity contribution is 7.82. The van der Waals surface area contributed by atoms with E-state index in [9.17, 15) is 4.79 Å². The number of thiazole rings is 1. The maximum Gasteiger partial charge on any atom is 0.344 e. The van der Waals surface area contributed by atoms with Crippen LogP contribution in [0.1, 0.15) is 13.3 Å². The highest BCUT2D eigenvalue weighted by Gasteiger charge is 2.20. The van der Waals surface area contributed by atoms with Crippen LogP contribution < -0.4 is 9.88 Å². The van der Waals surface area contributed by atoms with Gasteiger partial charge in [-0.05, 0) is 30.2 Å². The van der Waals surface area contributed by atoms with Gasteiger partial charge in [0, 0.05) is 6.42 Å². The van der Waals surface area contributed by atoms with Crippen molar-refractivity contribution in [2.75, 3.05) is 13.2 Å². The van der Waals surface area contributed by atoms with E-state index < -0.39 is 0 Å². The summed E-state index contributed by atoms with van der Waals surface area (Å²) in [4.78, 5) is 15.7. The number of carbonyl (C=O) groups excluding carboxylic acids is 1. The van der Waals surface area contributed by atoms with Gasteiger partial charge in [0.2, 0.25) is 0 Å². The van der Waals surface area contributed by atoms with Gasteiger partial charge in [0.05, 0.1) is 16.5 Å². The Kier molecular flexibility index (Phi) is 3.67. The van der Waals surface area contributed by atoms with E-state index in [0.717, 1.165) is 31.1 Å². The zero-order valence-corrected chi connectivity index (χ0v) is 12.6. The van der Waals surface area contributed by atoms with Gasteiger partial charge in [-0.3, -0.25) is 0 Å². The Morgan fingerprint density at radius 3 is 3.15 bits per heavy atom. The molecule has 3 rings (SSSR count). The van der Waals surface area contributed by atoms with E-state index in [1.807, 2.05) is 12.2 Å². The third-order valence-corrected chi connectivity index (χ3v) is 4.22. The molecule has 0 spiro atoms. The van der Waals surface area contributed by atoms with Crippen molar-refractivity contribution in [3.8, 4) is 0 Å². The first-order valence-corrected chi connectivity index (χ1v) is 7.54. The average molecular weight is 307 g/mol. The van der Waals surface area contributed by atoms with Crippen molar-refractivity contribution in [1.82, 2.24) is 4.98 Å². The van der Waals surface area contributed by atoms with Gasteiger partial charge in [-0.25, -0.2) is 9.78 Å². The molecule has 20 heavy (non-hydrogen) atoms. The monoisotopic (exact) mass is 307 g/mol. The van der Waals surface area contributed by atoms with E-state index in [4.69, 9.17) is 9.47 Å². The van der Waals surface area contributed by atoms with Crippen molar-refractivity contribution in [2.45, 2.75) is 17.7 Å². The standard InChI is InChI=1S/C14H13NO3S2/c1-2-17-12(16)7-18-9-4-3-8-5-11-13(10(8)6-9)15-14(19)20-11/h3-5H,2,6-7H2,1H3,(H,15,19). The van der Waals surface area contributed by atoms with Crippen LogP contribution >= 0.6 is 24.0 Å². The molecule has 0 unspecified atom stereocenters. The Labute approximate surface area is 125 Å². The topological polar surface area (TPSA) is 48.4 Å². The SMILES string of the molecule is CCOC(=O)COC1=CC=C2C=c3sc(S)nc3=C2C1. The lowest BCUT2D eigenvalue weighted by Crippen LogP contribution is -2.20. The lowest BCUT2D eigenvalue weighted by Gasteiger charge is -2.14. The molecule has 0 aromatic carbocycles. The maximum absolute atomic E-state index is 11.3. The third-order valence-electron chi connectivity index (χ3n) is 3.04. The summed E-state index contributed by atoms with van der Waals surface area (Å²) in [7, 11) is 0. The molecule has 0 fully saturated rings. The third kappa shape index (κ3) is 2.53. The van der Waals surface area contributed by atoms with Crippen molar-refractivity contribution >= 4 is 41.6 Å². The van der Waals surface area contributed by atoms with Crippen LogP contribution in [-0.4, -0.2) is 24.2 Å². The zero-order valence-electron chi connectivity index (χ0n) is 10.9. The van der Waals surface area contributed by atoms with Gasteiger partial charge in [0.15, 0.2) is 6.61 Å². The maximum atomic E-state index is 11.3.